The average Bonchev–Trinajstić information content (AvgIpc) is 2.44. The molecule has 2 heterocycles. The van der Waals surface area contributed by atoms with E-state index in [0.717, 1.165) is 11.3 Å². The molecule has 0 unspecified atom stereocenters. The monoisotopic (exact) mass is 322 g/mol. The van der Waals surface area contributed by atoms with Gasteiger partial charge in [-0.25, -0.2) is 15.1 Å². The maximum Gasteiger partial charge on any atom is 0.410 e. The summed E-state index contributed by atoms with van der Waals surface area (Å²) in [5, 5.41) is 0. The van der Waals surface area contributed by atoms with Crippen LogP contribution in [0.15, 0.2) is 12.1 Å². The molecule has 0 aliphatic carbocycles. The van der Waals surface area contributed by atoms with Crippen LogP contribution in [-0.4, -0.2) is 34.2 Å². The first-order valence-electron chi connectivity index (χ1n) is 7.37. The van der Waals surface area contributed by atoms with E-state index in [9.17, 15) is 9.59 Å². The van der Waals surface area contributed by atoms with Crippen LogP contribution in [-0.2, 0) is 29.1 Å². The summed E-state index contributed by atoms with van der Waals surface area (Å²) in [5.74, 6) is 0. The van der Waals surface area contributed by atoms with Gasteiger partial charge in [0.05, 0.1) is 12.2 Å². The molecule has 1 aliphatic heterocycles. The molecule has 0 radical (unpaired) electrons. The van der Waals surface area contributed by atoms with Crippen molar-refractivity contribution < 1.29 is 19.2 Å². The van der Waals surface area contributed by atoms with Gasteiger partial charge in [-0.15, -0.1) is 0 Å². The second-order valence-electron chi connectivity index (χ2n) is 6.32. The highest BCUT2D eigenvalue weighted by Crippen LogP contribution is 2.20. The van der Waals surface area contributed by atoms with Gasteiger partial charge in [0, 0.05) is 18.7 Å². The predicted molar refractivity (Wildman–Crippen MR) is 82.1 cm³/mol. The number of ether oxygens (including phenoxy) is 1. The molecule has 23 heavy (non-hydrogen) atoms. The van der Waals surface area contributed by atoms with Crippen LogP contribution in [0.5, 0.6) is 0 Å². The van der Waals surface area contributed by atoms with E-state index in [1.54, 1.807) is 11.0 Å². The molecule has 0 bridgehead atoms. The maximum absolute atomic E-state index is 12.1. The van der Waals surface area contributed by atoms with E-state index in [1.165, 1.54) is 0 Å². The summed E-state index contributed by atoms with van der Waals surface area (Å²) in [7, 11) is 0. The van der Waals surface area contributed by atoms with Gasteiger partial charge >= 0.3 is 12.1 Å². The Morgan fingerprint density at radius 2 is 2.13 bits per heavy atom. The van der Waals surface area contributed by atoms with Crippen LogP contribution in [0.25, 0.3) is 0 Å². The molecule has 1 aromatic heterocycles. The number of pyridine rings is 1. The van der Waals surface area contributed by atoms with E-state index in [2.05, 4.69) is 4.98 Å². The van der Waals surface area contributed by atoms with Gasteiger partial charge in [0.1, 0.15) is 12.2 Å². The number of hydroxylamine groups is 1. The lowest BCUT2D eigenvalue weighted by Gasteiger charge is -2.30. The first kappa shape index (κ1) is 17.0. The lowest BCUT2D eigenvalue weighted by atomic mass is 10.1. The Morgan fingerprint density at radius 3 is 2.78 bits per heavy atom. The molecule has 0 aromatic carbocycles. The molecule has 0 fully saturated rings. The van der Waals surface area contributed by atoms with E-state index >= 15 is 0 Å². The SMILES string of the molecule is CC(C)(C)OC(=O)N1CCc2nc(CONC(N)=O)ccc2C1. The van der Waals surface area contributed by atoms with Crippen molar-refractivity contribution in [2.75, 3.05) is 6.54 Å². The van der Waals surface area contributed by atoms with Crippen LogP contribution in [0.1, 0.15) is 37.7 Å². The molecule has 2 rings (SSSR count). The maximum atomic E-state index is 12.1. The number of amides is 3. The summed E-state index contributed by atoms with van der Waals surface area (Å²) < 4.78 is 5.39. The number of hydrogen-bond acceptors (Lipinski definition) is 5. The van der Waals surface area contributed by atoms with Crippen molar-refractivity contribution in [2.45, 2.75) is 45.9 Å². The van der Waals surface area contributed by atoms with Crippen molar-refractivity contribution in [3.8, 4) is 0 Å². The summed E-state index contributed by atoms with van der Waals surface area (Å²) in [5.41, 5.74) is 9.03. The number of carbonyl (C=O) groups is 2. The fourth-order valence-electron chi connectivity index (χ4n) is 2.21. The highest BCUT2D eigenvalue weighted by atomic mass is 16.7. The second kappa shape index (κ2) is 6.82. The van der Waals surface area contributed by atoms with Gasteiger partial charge in [-0.05, 0) is 32.4 Å². The molecule has 8 nitrogen and oxygen atoms in total. The quantitative estimate of drug-likeness (QED) is 0.820. The minimum Gasteiger partial charge on any atom is -0.444 e. The van der Waals surface area contributed by atoms with Crippen molar-refractivity contribution in [3.05, 3.63) is 29.1 Å². The first-order chi connectivity index (χ1) is 10.7. The number of hydrogen-bond donors (Lipinski definition) is 2. The number of aromatic nitrogens is 1. The Bertz CT molecular complexity index is 598. The van der Waals surface area contributed by atoms with Gasteiger partial charge in [0.15, 0.2) is 0 Å². The van der Waals surface area contributed by atoms with Crippen LogP contribution in [0.2, 0.25) is 0 Å². The van der Waals surface area contributed by atoms with Gasteiger partial charge in [-0.2, -0.15) is 0 Å². The number of rotatable bonds is 3. The summed E-state index contributed by atoms with van der Waals surface area (Å²) in [6.07, 6.45) is 0.326. The predicted octanol–water partition coefficient (Wildman–Crippen LogP) is 1.47. The van der Waals surface area contributed by atoms with Crippen LogP contribution < -0.4 is 11.2 Å². The molecule has 8 heteroatoms. The van der Waals surface area contributed by atoms with Gasteiger partial charge in [-0.1, -0.05) is 6.07 Å². The van der Waals surface area contributed by atoms with Crippen LogP contribution in [0, 0.1) is 0 Å². The van der Waals surface area contributed by atoms with E-state index in [4.69, 9.17) is 15.3 Å². The zero-order chi connectivity index (χ0) is 17.0. The molecular weight excluding hydrogens is 300 g/mol. The third kappa shape index (κ3) is 5.10. The number of fused-ring (bicyclic) bond motifs is 1. The van der Waals surface area contributed by atoms with Crippen molar-refractivity contribution in [1.82, 2.24) is 15.4 Å². The van der Waals surface area contributed by atoms with E-state index in [0.29, 0.717) is 25.2 Å². The number of nitrogens with one attached hydrogen (secondary N) is 1. The zero-order valence-electron chi connectivity index (χ0n) is 13.6. The lowest BCUT2D eigenvalue weighted by Crippen LogP contribution is -2.40. The Morgan fingerprint density at radius 1 is 1.39 bits per heavy atom. The molecule has 0 saturated carbocycles. The molecule has 3 N–H and O–H groups in total. The second-order valence-corrected chi connectivity index (χ2v) is 6.32. The Hall–Kier alpha value is -2.35. The van der Waals surface area contributed by atoms with E-state index < -0.39 is 11.6 Å². The molecule has 1 aliphatic rings. The molecule has 0 saturated heterocycles. The highest BCUT2D eigenvalue weighted by Gasteiger charge is 2.26. The van der Waals surface area contributed by atoms with Crippen molar-refractivity contribution in [3.63, 3.8) is 0 Å². The minimum absolute atomic E-state index is 0.131. The summed E-state index contributed by atoms with van der Waals surface area (Å²) in [6.45, 7) is 6.69. The van der Waals surface area contributed by atoms with Gasteiger partial charge in [0.2, 0.25) is 0 Å². The normalized spacial score (nSPS) is 14.1. The molecule has 1 aromatic rings. The molecule has 126 valence electrons. The standard InChI is InChI=1S/C15H22N4O4/c1-15(2,3)23-14(21)19-7-6-12-10(8-19)4-5-11(17-12)9-22-18-13(16)20/h4-5H,6-9H2,1-3H3,(H3,16,18,20). The Balaban J connectivity index is 1.97. The third-order valence-corrected chi connectivity index (χ3v) is 3.15. The third-order valence-electron chi connectivity index (χ3n) is 3.15. The summed E-state index contributed by atoms with van der Waals surface area (Å²) >= 11 is 0. The van der Waals surface area contributed by atoms with Gasteiger partial charge in [0.25, 0.3) is 0 Å². The molecule has 3 amide bonds. The van der Waals surface area contributed by atoms with Gasteiger partial charge < -0.3 is 15.4 Å². The topological polar surface area (TPSA) is 107 Å². The van der Waals surface area contributed by atoms with Crippen molar-refractivity contribution in [1.29, 1.82) is 0 Å². The van der Waals surface area contributed by atoms with Crippen molar-refractivity contribution >= 4 is 12.1 Å². The van der Waals surface area contributed by atoms with Gasteiger partial charge in [-0.3, -0.25) is 9.82 Å². The first-order valence-corrected chi connectivity index (χ1v) is 7.37. The summed E-state index contributed by atoms with van der Waals surface area (Å²) in [4.78, 5) is 33.7. The van der Waals surface area contributed by atoms with E-state index in [1.807, 2.05) is 32.3 Å². The van der Waals surface area contributed by atoms with Crippen LogP contribution in [0.4, 0.5) is 9.59 Å². The van der Waals surface area contributed by atoms with Crippen LogP contribution >= 0.6 is 0 Å². The number of primary amides is 1. The Kier molecular flexibility index (Phi) is 5.05. The van der Waals surface area contributed by atoms with E-state index in [-0.39, 0.29) is 12.7 Å². The fourth-order valence-corrected chi connectivity index (χ4v) is 2.21. The summed E-state index contributed by atoms with van der Waals surface area (Å²) in [6, 6.07) is 2.94. The van der Waals surface area contributed by atoms with Crippen LogP contribution in [0.3, 0.4) is 0 Å². The fraction of sp³-hybridized carbons (Fsp3) is 0.533. The smallest absolute Gasteiger partial charge is 0.410 e. The van der Waals surface area contributed by atoms with Crippen molar-refractivity contribution in [2.24, 2.45) is 5.73 Å². The lowest BCUT2D eigenvalue weighted by molar-refractivity contribution is 0.0222. The number of nitrogens with two attached hydrogens (primary N) is 1. The molecule has 0 atom stereocenters. The highest BCUT2D eigenvalue weighted by molar-refractivity contribution is 5.70. The largest absolute Gasteiger partial charge is 0.444 e. The zero-order valence-corrected chi connectivity index (χ0v) is 13.6. The minimum atomic E-state index is -0.754. The number of urea groups is 1. The Labute approximate surface area is 134 Å². The molecular formula is C15H22N4O4. The molecule has 0 spiro atoms. The number of carbonyl (C=O) groups excluding carboxylic acids is 2. The number of nitrogens with zero attached hydrogens (tertiary/aromatic N) is 2. The average molecular weight is 322 g/mol.